The molecule has 0 fully saturated rings. The highest BCUT2D eigenvalue weighted by molar-refractivity contribution is 5.99. The predicted molar refractivity (Wildman–Crippen MR) is 88.9 cm³/mol. The predicted octanol–water partition coefficient (Wildman–Crippen LogP) is 3.37. The summed E-state index contributed by atoms with van der Waals surface area (Å²) in [5, 5.41) is 3.10. The molecule has 0 bridgehead atoms. The van der Waals surface area contributed by atoms with Gasteiger partial charge in [0.25, 0.3) is 6.08 Å². The van der Waals surface area contributed by atoms with E-state index in [-0.39, 0.29) is 0 Å². The Labute approximate surface area is 138 Å². The van der Waals surface area contributed by atoms with Crippen molar-refractivity contribution < 1.29 is 14.4 Å². The van der Waals surface area contributed by atoms with Gasteiger partial charge in [-0.1, -0.05) is 28.9 Å². The Morgan fingerprint density at radius 2 is 1.67 bits per heavy atom. The molecule has 0 unspecified atom stereocenters. The number of amides is 2. The number of carbonyl (C=O) groups is 1. The van der Waals surface area contributed by atoms with E-state index in [0.717, 1.165) is 11.1 Å². The second kappa shape index (κ2) is 7.65. The van der Waals surface area contributed by atoms with Gasteiger partial charge in [-0.05, 0) is 43.7 Å². The molecule has 0 atom stereocenters. The smallest absolute Gasteiger partial charge is 0.262 e. The van der Waals surface area contributed by atoms with Gasteiger partial charge in [0.15, 0.2) is 0 Å². The van der Waals surface area contributed by atoms with Gasteiger partial charge in [-0.3, -0.25) is 4.90 Å². The molecular weight excluding hydrogens is 308 g/mol. The minimum atomic E-state index is -0.646. The van der Waals surface area contributed by atoms with Gasteiger partial charge >= 0.3 is 6.03 Å². The molecule has 7 heteroatoms. The number of aliphatic imine (C=N–C) groups is 1. The van der Waals surface area contributed by atoms with Gasteiger partial charge in [0.2, 0.25) is 6.08 Å². The van der Waals surface area contributed by atoms with Gasteiger partial charge in [0, 0.05) is 0 Å². The fraction of sp³-hybridized carbons (Fsp3) is 0.118. The molecule has 0 saturated heterocycles. The first-order chi connectivity index (χ1) is 11.6. The summed E-state index contributed by atoms with van der Waals surface area (Å²) in [6.07, 6.45) is 2.74. The summed E-state index contributed by atoms with van der Waals surface area (Å²) in [5.74, 6) is 0. The van der Waals surface area contributed by atoms with Crippen LogP contribution in [0, 0.1) is 13.8 Å². The van der Waals surface area contributed by atoms with Crippen LogP contribution in [0.5, 0.6) is 0 Å². The topological polar surface area (TPSA) is 91.2 Å². The lowest BCUT2D eigenvalue weighted by Crippen LogP contribution is -2.33. The van der Waals surface area contributed by atoms with Crippen LogP contribution < -0.4 is 10.3 Å². The number of nitrogens with one attached hydrogen (secondary N) is 1. The fourth-order valence-electron chi connectivity index (χ4n) is 2.10. The van der Waals surface area contributed by atoms with Crippen molar-refractivity contribution >= 4 is 35.3 Å². The Bertz CT molecular complexity index is 849. The van der Waals surface area contributed by atoms with E-state index < -0.39 is 6.03 Å². The molecule has 0 aliphatic rings. The van der Waals surface area contributed by atoms with Crippen LogP contribution in [0.1, 0.15) is 11.1 Å². The summed E-state index contributed by atoms with van der Waals surface area (Å²) >= 11 is 0. The zero-order chi connectivity index (χ0) is 17.5. The van der Waals surface area contributed by atoms with Crippen LogP contribution in [0.25, 0.3) is 0 Å². The van der Waals surface area contributed by atoms with Gasteiger partial charge < -0.3 is 0 Å². The molecule has 120 valence electrons. The Balaban J connectivity index is 2.55. The molecule has 24 heavy (non-hydrogen) atoms. The van der Waals surface area contributed by atoms with Crippen LogP contribution in [0.15, 0.2) is 52.6 Å². The van der Waals surface area contributed by atoms with Crippen LogP contribution in [-0.4, -0.2) is 18.2 Å². The zero-order valence-electron chi connectivity index (χ0n) is 13.1. The molecule has 0 saturated carbocycles. The number of rotatable bonds is 4. The van der Waals surface area contributed by atoms with E-state index in [4.69, 9.17) is 0 Å². The van der Waals surface area contributed by atoms with Crippen molar-refractivity contribution in [3.8, 4) is 0 Å². The third kappa shape index (κ3) is 3.81. The van der Waals surface area contributed by atoms with Gasteiger partial charge in [-0.15, -0.1) is 0 Å². The van der Waals surface area contributed by atoms with Crippen molar-refractivity contribution in [3.63, 3.8) is 0 Å². The molecule has 2 aromatic carbocycles. The maximum Gasteiger partial charge on any atom is 0.347 e. The van der Waals surface area contributed by atoms with E-state index in [1.165, 1.54) is 17.1 Å². The Kier molecular flexibility index (Phi) is 5.36. The van der Waals surface area contributed by atoms with E-state index in [2.05, 4.69) is 15.5 Å². The third-order valence-corrected chi connectivity index (χ3v) is 3.31. The van der Waals surface area contributed by atoms with E-state index in [1.54, 1.807) is 37.3 Å². The third-order valence-electron chi connectivity index (χ3n) is 3.31. The number of nitrogens with zero attached hydrogens (tertiary/aromatic N) is 3. The minimum Gasteiger partial charge on any atom is -0.262 e. The molecule has 2 amide bonds. The van der Waals surface area contributed by atoms with Crippen LogP contribution >= 0.6 is 0 Å². The first kappa shape index (κ1) is 16.8. The van der Waals surface area contributed by atoms with Crippen LogP contribution in [-0.2, 0) is 9.59 Å². The number of benzene rings is 2. The minimum absolute atomic E-state index is 0.395. The average Bonchev–Trinajstić information content (AvgIpc) is 2.58. The van der Waals surface area contributed by atoms with Crippen molar-refractivity contribution in [2.45, 2.75) is 13.8 Å². The van der Waals surface area contributed by atoms with Crippen molar-refractivity contribution in [2.75, 3.05) is 4.90 Å². The number of hydrazone groups is 1. The lowest BCUT2D eigenvalue weighted by Gasteiger charge is -2.22. The number of aryl methyl sites for hydroxylation is 2. The molecule has 2 rings (SSSR count). The molecule has 2 aromatic rings. The van der Waals surface area contributed by atoms with Crippen molar-refractivity contribution in [1.29, 1.82) is 0 Å². The van der Waals surface area contributed by atoms with Crippen molar-refractivity contribution in [2.24, 2.45) is 10.1 Å². The largest absolute Gasteiger partial charge is 0.347 e. The van der Waals surface area contributed by atoms with E-state index in [9.17, 15) is 14.4 Å². The number of hydrogen-bond acceptors (Lipinski definition) is 5. The number of isocyanates is 2. The van der Waals surface area contributed by atoms with Crippen molar-refractivity contribution in [3.05, 3.63) is 53.6 Å². The first-order valence-electron chi connectivity index (χ1n) is 6.99. The summed E-state index contributed by atoms with van der Waals surface area (Å²) in [7, 11) is 0. The Morgan fingerprint density at radius 1 is 1.00 bits per heavy atom. The van der Waals surface area contributed by atoms with E-state index >= 15 is 0 Å². The summed E-state index contributed by atoms with van der Waals surface area (Å²) in [4.78, 5) is 38.1. The lowest BCUT2D eigenvalue weighted by atomic mass is 10.1. The second-order valence-electron chi connectivity index (χ2n) is 4.96. The lowest BCUT2D eigenvalue weighted by molar-refractivity contribution is 0.249. The van der Waals surface area contributed by atoms with E-state index in [1.807, 2.05) is 19.1 Å². The monoisotopic (exact) mass is 322 g/mol. The SMILES string of the molecule is Cc1ccc(N(C(=O)NN=C=O)c2ccc(C)c(N=C=O)c2)cc1. The van der Waals surface area contributed by atoms with Crippen LogP contribution in [0.2, 0.25) is 0 Å². The Morgan fingerprint density at radius 3 is 2.29 bits per heavy atom. The molecule has 0 heterocycles. The normalized spacial score (nSPS) is 9.42. The van der Waals surface area contributed by atoms with Crippen LogP contribution in [0.4, 0.5) is 21.9 Å². The molecule has 1 N–H and O–H groups in total. The van der Waals surface area contributed by atoms with Gasteiger partial charge in [0.05, 0.1) is 17.1 Å². The molecule has 0 aliphatic heterocycles. The molecule has 0 spiro atoms. The highest BCUT2D eigenvalue weighted by Crippen LogP contribution is 2.30. The Hall–Kier alpha value is -3.53. The zero-order valence-corrected chi connectivity index (χ0v) is 13.1. The standard InChI is InChI=1S/C17H14N4O3/c1-12-3-6-14(7-4-12)21(17(24)20-19-11-23)15-8-5-13(2)16(9-15)18-10-22/h3-9H,1-2H3,(H,20,24). The molecule has 0 aromatic heterocycles. The average molecular weight is 322 g/mol. The number of carbonyl (C=O) groups excluding carboxylic acids is 3. The van der Waals surface area contributed by atoms with Crippen molar-refractivity contribution in [1.82, 2.24) is 5.43 Å². The van der Waals surface area contributed by atoms with Gasteiger partial charge in [-0.25, -0.2) is 19.8 Å². The number of hydrogen-bond donors (Lipinski definition) is 1. The summed E-state index contributed by atoms with van der Waals surface area (Å²) in [6, 6.07) is 11.5. The quantitative estimate of drug-likeness (QED) is 0.531. The molecule has 7 nitrogen and oxygen atoms in total. The first-order valence-corrected chi connectivity index (χ1v) is 6.99. The van der Waals surface area contributed by atoms with Gasteiger partial charge in [-0.2, -0.15) is 4.99 Å². The highest BCUT2D eigenvalue weighted by atomic mass is 16.2. The molecule has 0 radical (unpaired) electrons. The van der Waals surface area contributed by atoms with Gasteiger partial charge in [0.1, 0.15) is 0 Å². The summed E-state index contributed by atoms with van der Waals surface area (Å²) in [5.41, 5.74) is 5.29. The second-order valence-corrected chi connectivity index (χ2v) is 4.96. The maximum absolute atomic E-state index is 12.4. The van der Waals surface area contributed by atoms with E-state index in [0.29, 0.717) is 17.1 Å². The maximum atomic E-state index is 12.4. The molecule has 0 aliphatic carbocycles. The summed E-state index contributed by atoms with van der Waals surface area (Å²) < 4.78 is 0. The number of urea groups is 1. The highest BCUT2D eigenvalue weighted by Gasteiger charge is 2.18. The fourth-order valence-corrected chi connectivity index (χ4v) is 2.10. The number of anilines is 2. The summed E-state index contributed by atoms with van der Waals surface area (Å²) in [6.45, 7) is 3.71. The molecular formula is C17H14N4O3. The van der Waals surface area contributed by atoms with Crippen LogP contribution in [0.3, 0.4) is 0 Å².